The van der Waals surface area contributed by atoms with Crippen LogP contribution in [0.1, 0.15) is 0 Å². The molecule has 7 nitrogen and oxygen atoms in total. The lowest BCUT2D eigenvalue weighted by Crippen LogP contribution is -2.15. The molecule has 2 heterocycles. The molecule has 0 amide bonds. The van der Waals surface area contributed by atoms with E-state index >= 15 is 0 Å². The third-order valence-electron chi connectivity index (χ3n) is 2.18. The van der Waals surface area contributed by atoms with Crippen LogP contribution in [-0.2, 0) is 10.0 Å². The van der Waals surface area contributed by atoms with E-state index in [0.29, 0.717) is 5.69 Å². The SMILES string of the molecule is NNc1ncc(S(=O)(=O)Nc2cccnc2)cc1Cl. The number of rotatable bonds is 4. The maximum absolute atomic E-state index is 12.1. The van der Waals surface area contributed by atoms with Crippen LogP contribution in [0.15, 0.2) is 41.7 Å². The number of sulfonamides is 1. The molecule has 19 heavy (non-hydrogen) atoms. The molecule has 0 bridgehead atoms. The van der Waals surface area contributed by atoms with Gasteiger partial charge in [-0.1, -0.05) is 11.6 Å². The maximum atomic E-state index is 12.1. The van der Waals surface area contributed by atoms with E-state index in [1.165, 1.54) is 18.5 Å². The van der Waals surface area contributed by atoms with E-state index in [-0.39, 0.29) is 15.7 Å². The summed E-state index contributed by atoms with van der Waals surface area (Å²) in [6, 6.07) is 4.45. The van der Waals surface area contributed by atoms with Gasteiger partial charge in [-0.25, -0.2) is 19.2 Å². The summed E-state index contributed by atoms with van der Waals surface area (Å²) in [6.45, 7) is 0. The Bertz CT molecular complexity index is 678. The van der Waals surface area contributed by atoms with Gasteiger partial charge in [0.05, 0.1) is 16.9 Å². The number of halogens is 1. The zero-order valence-electron chi connectivity index (χ0n) is 9.54. The van der Waals surface area contributed by atoms with Crippen LogP contribution < -0.4 is 16.0 Å². The highest BCUT2D eigenvalue weighted by atomic mass is 35.5. The van der Waals surface area contributed by atoms with Crippen molar-refractivity contribution in [3.63, 3.8) is 0 Å². The average molecular weight is 300 g/mol. The fourth-order valence-electron chi connectivity index (χ4n) is 1.31. The van der Waals surface area contributed by atoms with Crippen molar-refractivity contribution < 1.29 is 8.42 Å². The Balaban J connectivity index is 2.32. The lowest BCUT2D eigenvalue weighted by Gasteiger charge is -2.08. The fraction of sp³-hybridized carbons (Fsp3) is 0. The molecule has 100 valence electrons. The number of nitrogen functional groups attached to an aromatic ring is 1. The number of hydrogen-bond donors (Lipinski definition) is 3. The number of hydrazine groups is 1. The van der Waals surface area contributed by atoms with Crippen molar-refractivity contribution in [2.75, 3.05) is 10.1 Å². The van der Waals surface area contributed by atoms with Crippen molar-refractivity contribution in [3.8, 4) is 0 Å². The summed E-state index contributed by atoms with van der Waals surface area (Å²) in [7, 11) is -3.77. The second-order valence-electron chi connectivity index (χ2n) is 3.49. The first-order valence-electron chi connectivity index (χ1n) is 5.08. The van der Waals surface area contributed by atoms with Gasteiger partial charge in [0.15, 0.2) is 5.82 Å². The van der Waals surface area contributed by atoms with Gasteiger partial charge in [0.1, 0.15) is 4.90 Å². The average Bonchev–Trinajstić information content (AvgIpc) is 2.39. The van der Waals surface area contributed by atoms with Crippen LogP contribution >= 0.6 is 11.6 Å². The predicted molar refractivity (Wildman–Crippen MR) is 72.1 cm³/mol. The van der Waals surface area contributed by atoms with Crippen molar-refractivity contribution >= 4 is 33.1 Å². The Morgan fingerprint density at radius 2 is 2.11 bits per heavy atom. The Morgan fingerprint density at radius 1 is 1.32 bits per heavy atom. The lowest BCUT2D eigenvalue weighted by molar-refractivity contribution is 0.601. The van der Waals surface area contributed by atoms with Crippen LogP contribution in [0, 0.1) is 0 Å². The highest BCUT2D eigenvalue weighted by Gasteiger charge is 2.16. The largest absolute Gasteiger partial charge is 0.307 e. The van der Waals surface area contributed by atoms with Gasteiger partial charge in [0.25, 0.3) is 10.0 Å². The van der Waals surface area contributed by atoms with E-state index in [2.05, 4.69) is 20.1 Å². The normalized spacial score (nSPS) is 11.1. The molecule has 2 aromatic rings. The van der Waals surface area contributed by atoms with Crippen LogP contribution in [0.5, 0.6) is 0 Å². The van der Waals surface area contributed by atoms with Gasteiger partial charge < -0.3 is 5.43 Å². The second-order valence-corrected chi connectivity index (χ2v) is 5.58. The van der Waals surface area contributed by atoms with E-state index in [4.69, 9.17) is 17.4 Å². The molecule has 0 aliphatic carbocycles. The van der Waals surface area contributed by atoms with Gasteiger partial charge in [-0.2, -0.15) is 0 Å². The minimum atomic E-state index is -3.77. The fourth-order valence-corrected chi connectivity index (χ4v) is 2.61. The highest BCUT2D eigenvalue weighted by molar-refractivity contribution is 7.92. The molecule has 0 fully saturated rings. The number of pyridine rings is 2. The summed E-state index contributed by atoms with van der Waals surface area (Å²) >= 11 is 5.83. The van der Waals surface area contributed by atoms with Crippen molar-refractivity contribution in [3.05, 3.63) is 41.8 Å². The molecule has 0 aromatic carbocycles. The molecule has 0 saturated heterocycles. The summed E-state index contributed by atoms with van der Waals surface area (Å²) in [5.41, 5.74) is 2.60. The Morgan fingerprint density at radius 3 is 2.68 bits per heavy atom. The van der Waals surface area contributed by atoms with Crippen molar-refractivity contribution in [1.82, 2.24) is 9.97 Å². The standard InChI is InChI=1S/C10H10ClN5O2S/c11-9-4-8(6-14-10(9)15-12)19(17,18)16-7-2-1-3-13-5-7/h1-6,16H,12H2,(H,14,15). The van der Waals surface area contributed by atoms with Crippen LogP contribution in [0.2, 0.25) is 5.02 Å². The van der Waals surface area contributed by atoms with Gasteiger partial charge in [0.2, 0.25) is 0 Å². The molecular formula is C10H10ClN5O2S. The number of nitrogens with two attached hydrogens (primary N) is 1. The van der Waals surface area contributed by atoms with Gasteiger partial charge in [-0.15, -0.1) is 0 Å². The van der Waals surface area contributed by atoms with Crippen LogP contribution in [-0.4, -0.2) is 18.4 Å². The summed E-state index contributed by atoms with van der Waals surface area (Å²) in [5, 5.41) is 0.108. The Labute approximate surface area is 114 Å². The van der Waals surface area contributed by atoms with E-state index in [0.717, 1.165) is 6.20 Å². The third kappa shape index (κ3) is 3.11. The zero-order chi connectivity index (χ0) is 13.9. The first-order valence-corrected chi connectivity index (χ1v) is 6.94. The monoisotopic (exact) mass is 299 g/mol. The first kappa shape index (κ1) is 13.5. The van der Waals surface area contributed by atoms with E-state index in [9.17, 15) is 8.42 Å². The smallest absolute Gasteiger partial charge is 0.263 e. The van der Waals surface area contributed by atoms with Gasteiger partial charge in [-0.05, 0) is 18.2 Å². The summed E-state index contributed by atoms with van der Waals surface area (Å²) in [6.07, 6.45) is 4.08. The predicted octanol–water partition coefficient (Wildman–Crippen LogP) is 1.22. The molecule has 9 heteroatoms. The molecule has 2 aromatic heterocycles. The van der Waals surface area contributed by atoms with Crippen LogP contribution in [0.4, 0.5) is 11.5 Å². The molecule has 2 rings (SSSR count). The molecule has 0 spiro atoms. The number of aromatic nitrogens is 2. The van der Waals surface area contributed by atoms with Crippen molar-refractivity contribution in [1.29, 1.82) is 0 Å². The Kier molecular flexibility index (Phi) is 3.84. The molecule has 0 aliphatic heterocycles. The summed E-state index contributed by atoms with van der Waals surface area (Å²) in [5.74, 6) is 5.36. The van der Waals surface area contributed by atoms with E-state index < -0.39 is 10.0 Å². The first-order chi connectivity index (χ1) is 9.03. The lowest BCUT2D eigenvalue weighted by atomic mass is 10.4. The van der Waals surface area contributed by atoms with Crippen molar-refractivity contribution in [2.45, 2.75) is 4.90 Å². The quantitative estimate of drug-likeness (QED) is 0.578. The number of nitrogens with one attached hydrogen (secondary N) is 2. The van der Waals surface area contributed by atoms with Crippen molar-refractivity contribution in [2.24, 2.45) is 5.84 Å². The van der Waals surface area contributed by atoms with Gasteiger partial charge >= 0.3 is 0 Å². The molecule has 0 atom stereocenters. The maximum Gasteiger partial charge on any atom is 0.263 e. The van der Waals surface area contributed by atoms with Gasteiger partial charge in [-0.3, -0.25) is 9.71 Å². The molecular weight excluding hydrogens is 290 g/mol. The molecule has 0 radical (unpaired) electrons. The number of hydrogen-bond acceptors (Lipinski definition) is 6. The summed E-state index contributed by atoms with van der Waals surface area (Å²) < 4.78 is 26.5. The van der Waals surface area contributed by atoms with Crippen LogP contribution in [0.25, 0.3) is 0 Å². The second kappa shape index (κ2) is 5.39. The van der Waals surface area contributed by atoms with Crippen LogP contribution in [0.3, 0.4) is 0 Å². The number of anilines is 2. The van der Waals surface area contributed by atoms with Gasteiger partial charge in [0, 0.05) is 12.4 Å². The van der Waals surface area contributed by atoms with E-state index in [1.807, 2.05) is 0 Å². The zero-order valence-corrected chi connectivity index (χ0v) is 11.1. The van der Waals surface area contributed by atoms with E-state index in [1.54, 1.807) is 12.1 Å². The molecule has 0 aliphatic rings. The summed E-state index contributed by atoms with van der Waals surface area (Å²) in [4.78, 5) is 7.54. The third-order valence-corrected chi connectivity index (χ3v) is 3.81. The molecule has 0 unspecified atom stereocenters. The minimum absolute atomic E-state index is 0.0691. The molecule has 4 N–H and O–H groups in total. The number of nitrogens with zero attached hydrogens (tertiary/aromatic N) is 2. The highest BCUT2D eigenvalue weighted by Crippen LogP contribution is 2.22. The molecule has 0 saturated carbocycles. The minimum Gasteiger partial charge on any atom is -0.307 e. The topological polar surface area (TPSA) is 110 Å². The Hall–Kier alpha value is -1.90.